The summed E-state index contributed by atoms with van der Waals surface area (Å²) in [5.74, 6) is -0.512. The number of nitrogens with zero attached hydrogens (tertiary/aromatic N) is 2. The first-order chi connectivity index (χ1) is 16.6. The maximum atomic E-state index is 13.1. The molecule has 7 heteroatoms. The largest absolute Gasteiger partial charge is 0.459 e. The van der Waals surface area contributed by atoms with Gasteiger partial charge in [0.25, 0.3) is 5.91 Å². The summed E-state index contributed by atoms with van der Waals surface area (Å²) in [4.78, 5) is 30.6. The maximum Gasteiger partial charge on any atom is 0.287 e. The lowest BCUT2D eigenvalue weighted by atomic mass is 10.0. The van der Waals surface area contributed by atoms with Gasteiger partial charge in [-0.15, -0.1) is 0 Å². The van der Waals surface area contributed by atoms with Gasteiger partial charge in [0.1, 0.15) is 6.04 Å². The van der Waals surface area contributed by atoms with Crippen molar-refractivity contribution in [3.8, 4) is 0 Å². The average molecular weight is 461 g/mol. The second kappa shape index (κ2) is 11.6. The van der Waals surface area contributed by atoms with Crippen molar-refractivity contribution in [1.29, 1.82) is 0 Å². The molecule has 0 aliphatic carbocycles. The number of rotatable bonds is 9. The van der Waals surface area contributed by atoms with Crippen molar-refractivity contribution >= 4 is 17.5 Å². The lowest BCUT2D eigenvalue weighted by Crippen LogP contribution is -2.45. The molecule has 0 bridgehead atoms. The van der Waals surface area contributed by atoms with E-state index >= 15 is 0 Å². The van der Waals surface area contributed by atoms with Crippen molar-refractivity contribution < 1.29 is 14.0 Å². The Morgan fingerprint density at radius 3 is 2.24 bits per heavy atom. The van der Waals surface area contributed by atoms with E-state index < -0.39 is 11.9 Å². The highest BCUT2D eigenvalue weighted by Crippen LogP contribution is 2.14. The van der Waals surface area contributed by atoms with E-state index in [0.29, 0.717) is 12.1 Å². The molecule has 178 valence electrons. The van der Waals surface area contributed by atoms with Crippen molar-refractivity contribution in [2.75, 3.05) is 38.0 Å². The lowest BCUT2D eigenvalue weighted by molar-refractivity contribution is -0.118. The summed E-state index contributed by atoms with van der Waals surface area (Å²) in [6.07, 6.45) is 1.81. The van der Waals surface area contributed by atoms with Crippen LogP contribution in [-0.4, -0.2) is 60.4 Å². The van der Waals surface area contributed by atoms with Crippen LogP contribution in [0, 0.1) is 0 Å². The van der Waals surface area contributed by atoms with Crippen molar-refractivity contribution in [1.82, 2.24) is 15.1 Å². The number of amides is 2. The number of nitrogens with one attached hydrogen (secondary N) is 2. The third-order valence-electron chi connectivity index (χ3n) is 6.19. The topological polar surface area (TPSA) is 77.8 Å². The summed E-state index contributed by atoms with van der Waals surface area (Å²) in [5.41, 5.74) is 2.88. The predicted molar refractivity (Wildman–Crippen MR) is 133 cm³/mol. The maximum absolute atomic E-state index is 13.1. The second-order valence-corrected chi connectivity index (χ2v) is 8.59. The molecular formula is C27H32N4O3. The van der Waals surface area contributed by atoms with Gasteiger partial charge in [-0.2, -0.15) is 0 Å². The molecule has 0 radical (unpaired) electrons. The smallest absolute Gasteiger partial charge is 0.287 e. The van der Waals surface area contributed by atoms with Crippen LogP contribution < -0.4 is 10.6 Å². The third-order valence-corrected chi connectivity index (χ3v) is 6.19. The van der Waals surface area contributed by atoms with Crippen LogP contribution in [-0.2, 0) is 17.8 Å². The molecule has 7 nitrogen and oxygen atoms in total. The van der Waals surface area contributed by atoms with Crippen LogP contribution in [0.25, 0.3) is 0 Å². The number of carbonyl (C=O) groups is 2. The van der Waals surface area contributed by atoms with Crippen LogP contribution in [0.4, 0.5) is 5.69 Å². The zero-order valence-corrected chi connectivity index (χ0v) is 19.6. The first-order valence-corrected chi connectivity index (χ1v) is 11.8. The predicted octanol–water partition coefficient (Wildman–Crippen LogP) is 3.40. The molecule has 1 aromatic heterocycles. The molecule has 1 saturated heterocycles. The fraction of sp³-hybridized carbons (Fsp3) is 0.333. The normalized spacial score (nSPS) is 15.6. The number of piperazine rings is 1. The highest BCUT2D eigenvalue weighted by molar-refractivity contribution is 6.00. The molecule has 0 spiro atoms. The fourth-order valence-electron chi connectivity index (χ4n) is 4.14. The Balaban J connectivity index is 1.37. The number of hydrogen-bond donors (Lipinski definition) is 2. The Morgan fingerprint density at radius 2 is 1.59 bits per heavy atom. The minimum absolute atomic E-state index is 0.176. The number of carbonyl (C=O) groups excluding carboxylic acids is 2. The summed E-state index contributed by atoms with van der Waals surface area (Å²) in [6, 6.07) is 20.1. The van der Waals surface area contributed by atoms with E-state index in [2.05, 4.69) is 39.5 Å². The average Bonchev–Trinajstić information content (AvgIpc) is 3.41. The first-order valence-electron chi connectivity index (χ1n) is 11.8. The van der Waals surface area contributed by atoms with E-state index in [1.54, 1.807) is 12.1 Å². The van der Waals surface area contributed by atoms with Gasteiger partial charge in [-0.3, -0.25) is 14.5 Å². The zero-order valence-electron chi connectivity index (χ0n) is 19.6. The highest BCUT2D eigenvalue weighted by atomic mass is 16.3. The Hall–Kier alpha value is -3.42. The molecule has 34 heavy (non-hydrogen) atoms. The van der Waals surface area contributed by atoms with Crippen LogP contribution in [0.5, 0.6) is 0 Å². The SMILES string of the molecule is CCN1CCN(Cc2ccc(NC(=O)C(Cc3ccccc3)NC(=O)c3ccco3)cc2)CC1. The summed E-state index contributed by atoms with van der Waals surface area (Å²) in [6.45, 7) is 8.58. The minimum Gasteiger partial charge on any atom is -0.459 e. The molecule has 4 rings (SSSR count). The Morgan fingerprint density at radius 1 is 0.882 bits per heavy atom. The number of furan rings is 1. The molecule has 2 amide bonds. The first kappa shape index (κ1) is 23.7. The molecule has 1 atom stereocenters. The van der Waals surface area contributed by atoms with E-state index in [1.165, 1.54) is 11.8 Å². The third kappa shape index (κ3) is 6.56. The van der Waals surface area contributed by atoms with Gasteiger partial charge < -0.3 is 20.0 Å². The molecular weight excluding hydrogens is 428 g/mol. The summed E-state index contributed by atoms with van der Waals surface area (Å²) in [5, 5.41) is 5.76. The van der Waals surface area contributed by atoms with E-state index in [4.69, 9.17) is 4.42 Å². The van der Waals surface area contributed by atoms with Crippen molar-refractivity contribution in [2.24, 2.45) is 0 Å². The number of likely N-dealkylation sites (N-methyl/N-ethyl adjacent to an activating group) is 1. The molecule has 3 aromatic rings. The van der Waals surface area contributed by atoms with E-state index in [0.717, 1.165) is 44.8 Å². The van der Waals surface area contributed by atoms with Gasteiger partial charge in [0, 0.05) is 44.8 Å². The van der Waals surface area contributed by atoms with E-state index in [9.17, 15) is 9.59 Å². The quantitative estimate of drug-likeness (QED) is 0.512. The van der Waals surface area contributed by atoms with Gasteiger partial charge in [0.05, 0.1) is 6.26 Å². The Labute approximate surface area is 200 Å². The van der Waals surface area contributed by atoms with Gasteiger partial charge in [-0.1, -0.05) is 49.4 Å². The zero-order chi connectivity index (χ0) is 23.8. The van der Waals surface area contributed by atoms with Crippen LogP contribution in [0.3, 0.4) is 0 Å². The van der Waals surface area contributed by atoms with Crippen molar-refractivity contribution in [3.05, 3.63) is 89.9 Å². The van der Waals surface area contributed by atoms with Crippen molar-refractivity contribution in [2.45, 2.75) is 25.9 Å². The second-order valence-electron chi connectivity index (χ2n) is 8.59. The molecule has 2 aromatic carbocycles. The lowest BCUT2D eigenvalue weighted by Gasteiger charge is -2.34. The van der Waals surface area contributed by atoms with Crippen LogP contribution in [0.2, 0.25) is 0 Å². The molecule has 0 saturated carbocycles. The number of hydrogen-bond acceptors (Lipinski definition) is 5. The van der Waals surface area contributed by atoms with E-state index in [-0.39, 0.29) is 11.7 Å². The number of anilines is 1. The van der Waals surface area contributed by atoms with E-state index in [1.807, 2.05) is 42.5 Å². The standard InChI is InChI=1S/C27H32N4O3/c1-2-30-14-16-31(17-15-30)20-22-10-12-23(13-11-22)28-26(32)24(19-21-7-4-3-5-8-21)29-27(33)25-9-6-18-34-25/h3-13,18,24H,2,14-17,19-20H2,1H3,(H,28,32)(H,29,33). The summed E-state index contributed by atoms with van der Waals surface area (Å²) in [7, 11) is 0. The van der Waals surface area contributed by atoms with Gasteiger partial charge in [0.2, 0.25) is 5.91 Å². The summed E-state index contributed by atoms with van der Waals surface area (Å²) >= 11 is 0. The molecule has 2 N–H and O–H groups in total. The molecule has 1 aliphatic heterocycles. The highest BCUT2D eigenvalue weighted by Gasteiger charge is 2.23. The monoisotopic (exact) mass is 460 g/mol. The Bertz CT molecular complexity index is 1040. The summed E-state index contributed by atoms with van der Waals surface area (Å²) < 4.78 is 5.18. The van der Waals surface area contributed by atoms with Gasteiger partial charge in [-0.25, -0.2) is 0 Å². The minimum atomic E-state index is -0.741. The van der Waals surface area contributed by atoms with Crippen LogP contribution >= 0.6 is 0 Å². The molecule has 1 unspecified atom stereocenters. The van der Waals surface area contributed by atoms with Gasteiger partial charge >= 0.3 is 0 Å². The van der Waals surface area contributed by atoms with Gasteiger partial charge in [-0.05, 0) is 41.9 Å². The van der Waals surface area contributed by atoms with Crippen LogP contribution in [0.1, 0.15) is 28.6 Å². The fourth-order valence-corrected chi connectivity index (χ4v) is 4.14. The molecule has 1 aliphatic rings. The van der Waals surface area contributed by atoms with Gasteiger partial charge in [0.15, 0.2) is 5.76 Å². The Kier molecular flexibility index (Phi) is 8.12. The molecule has 1 fully saturated rings. The van der Waals surface area contributed by atoms with Crippen molar-refractivity contribution in [3.63, 3.8) is 0 Å². The molecule has 2 heterocycles. The van der Waals surface area contributed by atoms with Crippen LogP contribution in [0.15, 0.2) is 77.4 Å². The number of benzene rings is 2.